The van der Waals surface area contributed by atoms with E-state index in [2.05, 4.69) is 5.10 Å². The molecule has 1 heterocycles. The van der Waals surface area contributed by atoms with Gasteiger partial charge in [-0.05, 0) is 18.8 Å². The second-order valence-electron chi connectivity index (χ2n) is 4.51. The van der Waals surface area contributed by atoms with Crippen molar-refractivity contribution in [2.24, 2.45) is 5.92 Å². The van der Waals surface area contributed by atoms with Crippen LogP contribution in [0.1, 0.15) is 26.0 Å². The van der Waals surface area contributed by atoms with E-state index in [1.807, 2.05) is 18.5 Å². The molecule has 0 aliphatic carbocycles. The van der Waals surface area contributed by atoms with Gasteiger partial charge in [-0.3, -0.25) is 4.68 Å². The summed E-state index contributed by atoms with van der Waals surface area (Å²) in [4.78, 5) is 0. The van der Waals surface area contributed by atoms with E-state index in [9.17, 15) is 5.11 Å². The van der Waals surface area contributed by atoms with Crippen molar-refractivity contribution in [1.82, 2.24) is 9.78 Å². The lowest BCUT2D eigenvalue weighted by Gasteiger charge is -2.14. The summed E-state index contributed by atoms with van der Waals surface area (Å²) in [6.07, 6.45) is 2.79. The molecule has 1 unspecified atom stereocenters. The topological polar surface area (TPSA) is 47.3 Å². The Bertz CT molecular complexity index is 339. The van der Waals surface area contributed by atoms with Crippen molar-refractivity contribution in [3.63, 3.8) is 0 Å². The minimum absolute atomic E-state index is 0.268. The molecule has 1 aromatic rings. The highest BCUT2D eigenvalue weighted by Gasteiger charge is 2.13. The highest BCUT2D eigenvalue weighted by atomic mass is 35.5. The smallest absolute Gasteiger partial charge is 0.0817 e. The second kappa shape index (κ2) is 6.99. The van der Waals surface area contributed by atoms with Gasteiger partial charge in [0.25, 0.3) is 0 Å². The van der Waals surface area contributed by atoms with Crippen LogP contribution in [0.4, 0.5) is 0 Å². The van der Waals surface area contributed by atoms with Crippen molar-refractivity contribution < 1.29 is 9.84 Å². The van der Waals surface area contributed by atoms with Gasteiger partial charge in [-0.15, -0.1) is 0 Å². The Balaban J connectivity index is 2.59. The fourth-order valence-corrected chi connectivity index (χ4v) is 1.86. The third-order valence-corrected chi connectivity index (χ3v) is 3.17. The molecule has 1 rings (SSSR count). The van der Waals surface area contributed by atoms with Crippen LogP contribution in [-0.4, -0.2) is 34.7 Å². The molecule has 0 amide bonds. The molecule has 1 aromatic heterocycles. The first-order valence-corrected chi connectivity index (χ1v) is 6.31. The average Bonchev–Trinajstić information content (AvgIpc) is 2.64. The summed E-state index contributed by atoms with van der Waals surface area (Å²) in [5.41, 5.74) is 0.975. The third-order valence-electron chi connectivity index (χ3n) is 2.85. The molecule has 0 aliphatic heterocycles. The largest absolute Gasteiger partial charge is 0.393 e. The minimum atomic E-state index is -0.295. The van der Waals surface area contributed by atoms with Crippen LogP contribution in [0.3, 0.4) is 0 Å². The lowest BCUT2D eigenvalue weighted by molar-refractivity contribution is 0.115. The zero-order valence-corrected chi connectivity index (χ0v) is 11.4. The van der Waals surface area contributed by atoms with Crippen LogP contribution in [0.25, 0.3) is 0 Å². The number of aliphatic hydroxyl groups excluding tert-OH is 1. The number of nitrogens with zero attached hydrogens (tertiary/aromatic N) is 2. The quantitative estimate of drug-likeness (QED) is 0.817. The predicted molar refractivity (Wildman–Crippen MR) is 68.3 cm³/mol. The van der Waals surface area contributed by atoms with Gasteiger partial charge in [0.05, 0.1) is 36.2 Å². The fraction of sp³-hybridized carbons (Fsp3) is 0.750. The van der Waals surface area contributed by atoms with Crippen LogP contribution < -0.4 is 0 Å². The Morgan fingerprint density at radius 3 is 2.82 bits per heavy atom. The van der Waals surface area contributed by atoms with Crippen molar-refractivity contribution in [2.45, 2.75) is 39.3 Å². The second-order valence-corrected chi connectivity index (χ2v) is 4.91. The Hall–Kier alpha value is -0.580. The standard InChI is InChI=1S/C12H21ClN2O2/c1-9(2)12(16)5-4-11-10(13)8-14-15(11)6-7-17-3/h8-9,12,16H,4-7H2,1-3H3. The van der Waals surface area contributed by atoms with Gasteiger partial charge >= 0.3 is 0 Å². The maximum Gasteiger partial charge on any atom is 0.0817 e. The molecule has 0 aromatic carbocycles. The first kappa shape index (κ1) is 14.5. The highest BCUT2D eigenvalue weighted by Crippen LogP contribution is 2.19. The molecule has 17 heavy (non-hydrogen) atoms. The van der Waals surface area contributed by atoms with Crippen LogP contribution in [-0.2, 0) is 17.7 Å². The lowest BCUT2D eigenvalue weighted by Crippen LogP contribution is -2.17. The van der Waals surface area contributed by atoms with Crippen LogP contribution >= 0.6 is 11.6 Å². The van der Waals surface area contributed by atoms with Gasteiger partial charge in [-0.1, -0.05) is 25.4 Å². The van der Waals surface area contributed by atoms with Crippen LogP contribution in [0.2, 0.25) is 5.02 Å². The average molecular weight is 261 g/mol. The maximum atomic E-state index is 9.79. The van der Waals surface area contributed by atoms with Crippen LogP contribution in [0.15, 0.2) is 6.20 Å². The predicted octanol–water partition coefficient (Wildman–Crippen LogP) is 2.13. The van der Waals surface area contributed by atoms with Gasteiger partial charge < -0.3 is 9.84 Å². The number of aromatic nitrogens is 2. The van der Waals surface area contributed by atoms with E-state index in [-0.39, 0.29) is 12.0 Å². The molecule has 0 bridgehead atoms. The molecule has 1 atom stereocenters. The van der Waals surface area contributed by atoms with Gasteiger partial charge in [0, 0.05) is 7.11 Å². The molecule has 0 saturated heterocycles. The van der Waals surface area contributed by atoms with Gasteiger partial charge in [0.15, 0.2) is 0 Å². The lowest BCUT2D eigenvalue weighted by atomic mass is 10.0. The highest BCUT2D eigenvalue weighted by molar-refractivity contribution is 6.31. The maximum absolute atomic E-state index is 9.79. The molecular weight excluding hydrogens is 240 g/mol. The molecular formula is C12H21ClN2O2. The third kappa shape index (κ3) is 4.30. The van der Waals surface area contributed by atoms with E-state index in [1.54, 1.807) is 13.3 Å². The monoisotopic (exact) mass is 260 g/mol. The summed E-state index contributed by atoms with van der Waals surface area (Å²) < 4.78 is 6.87. The Kier molecular flexibility index (Phi) is 5.95. The number of ether oxygens (including phenoxy) is 1. The number of halogens is 1. The summed E-state index contributed by atoms with van der Waals surface area (Å²) in [5.74, 6) is 0.268. The zero-order valence-electron chi connectivity index (χ0n) is 10.7. The van der Waals surface area contributed by atoms with Crippen molar-refractivity contribution in [3.8, 4) is 0 Å². The Labute approximate surface area is 108 Å². The van der Waals surface area contributed by atoms with Crippen LogP contribution in [0.5, 0.6) is 0 Å². The zero-order chi connectivity index (χ0) is 12.8. The first-order valence-electron chi connectivity index (χ1n) is 5.93. The number of hydrogen-bond donors (Lipinski definition) is 1. The Morgan fingerprint density at radius 1 is 1.53 bits per heavy atom. The van der Waals surface area contributed by atoms with Gasteiger partial charge in [-0.25, -0.2) is 0 Å². The number of rotatable bonds is 7. The van der Waals surface area contributed by atoms with Crippen molar-refractivity contribution in [2.75, 3.05) is 13.7 Å². The molecule has 0 radical (unpaired) electrons. The summed E-state index contributed by atoms with van der Waals surface area (Å²) in [6.45, 7) is 5.32. The summed E-state index contributed by atoms with van der Waals surface area (Å²) in [5, 5.41) is 14.6. The van der Waals surface area contributed by atoms with E-state index in [0.29, 0.717) is 24.6 Å². The number of aliphatic hydroxyl groups is 1. The van der Waals surface area contributed by atoms with Crippen molar-refractivity contribution in [3.05, 3.63) is 16.9 Å². The van der Waals surface area contributed by atoms with Gasteiger partial charge in [0.2, 0.25) is 0 Å². The minimum Gasteiger partial charge on any atom is -0.393 e. The van der Waals surface area contributed by atoms with E-state index >= 15 is 0 Å². The molecule has 5 heteroatoms. The normalized spacial score (nSPS) is 13.3. The van der Waals surface area contributed by atoms with Gasteiger partial charge in [-0.2, -0.15) is 5.10 Å². The van der Waals surface area contributed by atoms with E-state index in [0.717, 1.165) is 12.1 Å². The number of methoxy groups -OCH3 is 1. The van der Waals surface area contributed by atoms with Gasteiger partial charge in [0.1, 0.15) is 0 Å². The van der Waals surface area contributed by atoms with E-state index in [4.69, 9.17) is 16.3 Å². The van der Waals surface area contributed by atoms with Crippen LogP contribution in [0, 0.1) is 5.92 Å². The molecule has 4 nitrogen and oxygen atoms in total. The molecule has 0 aliphatic rings. The molecule has 0 fully saturated rings. The van der Waals surface area contributed by atoms with E-state index < -0.39 is 0 Å². The first-order chi connectivity index (χ1) is 8.06. The summed E-state index contributed by atoms with van der Waals surface area (Å²) in [7, 11) is 1.66. The Morgan fingerprint density at radius 2 is 2.24 bits per heavy atom. The van der Waals surface area contributed by atoms with Crippen molar-refractivity contribution in [1.29, 1.82) is 0 Å². The number of hydrogen-bond acceptors (Lipinski definition) is 3. The molecule has 0 saturated carbocycles. The van der Waals surface area contributed by atoms with E-state index in [1.165, 1.54) is 0 Å². The molecule has 1 N–H and O–H groups in total. The molecule has 0 spiro atoms. The fourth-order valence-electron chi connectivity index (χ4n) is 1.62. The SMILES string of the molecule is COCCn1ncc(Cl)c1CCC(O)C(C)C. The summed E-state index contributed by atoms with van der Waals surface area (Å²) >= 11 is 6.08. The molecule has 98 valence electrons. The van der Waals surface area contributed by atoms with Crippen molar-refractivity contribution >= 4 is 11.6 Å². The summed E-state index contributed by atoms with van der Waals surface area (Å²) in [6, 6.07) is 0.